The van der Waals surface area contributed by atoms with Crippen molar-refractivity contribution in [2.45, 2.75) is 38.2 Å². The zero-order chi connectivity index (χ0) is 8.81. The van der Waals surface area contributed by atoms with Crippen LogP contribution in [0.1, 0.15) is 32.1 Å². The molecule has 0 spiro atoms. The SMILES string of the molecule is C[NH+](C)CCCCCCC1CO1.[Cl-]. The molecule has 1 fully saturated rings. The number of halogens is 1. The van der Waals surface area contributed by atoms with Gasteiger partial charge in [0.25, 0.3) is 0 Å². The lowest BCUT2D eigenvalue weighted by Crippen LogP contribution is -3.05. The van der Waals surface area contributed by atoms with Gasteiger partial charge in [-0.05, 0) is 19.3 Å². The largest absolute Gasteiger partial charge is 1.00 e. The minimum Gasteiger partial charge on any atom is -1.00 e. The molecule has 1 unspecified atom stereocenters. The predicted molar refractivity (Wildman–Crippen MR) is 50.5 cm³/mol. The maximum absolute atomic E-state index is 5.15. The average molecular weight is 208 g/mol. The zero-order valence-electron chi connectivity index (χ0n) is 8.81. The van der Waals surface area contributed by atoms with Crippen LogP contribution in [0.25, 0.3) is 0 Å². The first-order valence-electron chi connectivity index (χ1n) is 5.19. The van der Waals surface area contributed by atoms with Crippen LogP contribution in [0.5, 0.6) is 0 Å². The Bertz CT molecular complexity index is 109. The van der Waals surface area contributed by atoms with Crippen LogP contribution >= 0.6 is 0 Å². The predicted octanol–water partition coefficient (Wildman–Crippen LogP) is -2.52. The summed E-state index contributed by atoms with van der Waals surface area (Å²) in [6.45, 7) is 2.35. The van der Waals surface area contributed by atoms with E-state index in [9.17, 15) is 0 Å². The smallest absolute Gasteiger partial charge is 0.0810 e. The Morgan fingerprint density at radius 3 is 2.31 bits per heavy atom. The van der Waals surface area contributed by atoms with Crippen molar-refractivity contribution in [1.82, 2.24) is 0 Å². The molecule has 0 aromatic rings. The topological polar surface area (TPSA) is 17.0 Å². The maximum atomic E-state index is 5.15. The highest BCUT2D eigenvalue weighted by atomic mass is 35.5. The molecular formula is C10H22ClNO. The fourth-order valence-electron chi connectivity index (χ4n) is 1.44. The van der Waals surface area contributed by atoms with Crippen LogP contribution in [0.3, 0.4) is 0 Å². The van der Waals surface area contributed by atoms with Crippen molar-refractivity contribution in [3.8, 4) is 0 Å². The summed E-state index contributed by atoms with van der Waals surface area (Å²) < 4.78 is 5.15. The first kappa shape index (κ1) is 13.2. The van der Waals surface area contributed by atoms with E-state index in [2.05, 4.69) is 14.1 Å². The van der Waals surface area contributed by atoms with E-state index in [0.29, 0.717) is 6.10 Å². The van der Waals surface area contributed by atoms with Gasteiger partial charge < -0.3 is 22.0 Å². The van der Waals surface area contributed by atoms with Crippen molar-refractivity contribution < 1.29 is 22.0 Å². The molecule has 1 aliphatic heterocycles. The normalized spacial score (nSPS) is 20.1. The van der Waals surface area contributed by atoms with E-state index in [1.807, 2.05) is 0 Å². The van der Waals surface area contributed by atoms with Crippen molar-refractivity contribution in [3.05, 3.63) is 0 Å². The van der Waals surface area contributed by atoms with E-state index < -0.39 is 0 Å². The Morgan fingerprint density at radius 2 is 1.77 bits per heavy atom. The highest BCUT2D eigenvalue weighted by Gasteiger charge is 2.20. The molecule has 2 nitrogen and oxygen atoms in total. The van der Waals surface area contributed by atoms with E-state index >= 15 is 0 Å². The number of nitrogens with one attached hydrogen (secondary N) is 1. The Labute approximate surface area is 88.0 Å². The number of quaternary nitrogens is 1. The van der Waals surface area contributed by atoms with E-state index in [1.165, 1.54) is 38.6 Å². The highest BCUT2D eigenvalue weighted by Crippen LogP contribution is 2.17. The van der Waals surface area contributed by atoms with Gasteiger partial charge in [0.2, 0.25) is 0 Å². The van der Waals surface area contributed by atoms with E-state index in [4.69, 9.17) is 4.74 Å². The van der Waals surface area contributed by atoms with Gasteiger partial charge in [0.05, 0.1) is 33.4 Å². The van der Waals surface area contributed by atoms with Crippen LogP contribution < -0.4 is 17.3 Å². The van der Waals surface area contributed by atoms with Crippen molar-refractivity contribution >= 4 is 0 Å². The molecule has 0 saturated carbocycles. The van der Waals surface area contributed by atoms with Crippen LogP contribution in [0.15, 0.2) is 0 Å². The number of ether oxygens (including phenoxy) is 1. The molecule has 0 bridgehead atoms. The fraction of sp³-hybridized carbons (Fsp3) is 1.00. The Hall–Kier alpha value is 0.210. The van der Waals surface area contributed by atoms with Gasteiger partial charge in [0.1, 0.15) is 0 Å². The number of unbranched alkanes of at least 4 members (excludes halogenated alkanes) is 3. The minimum absolute atomic E-state index is 0. The lowest BCUT2D eigenvalue weighted by atomic mass is 10.1. The molecule has 1 atom stereocenters. The lowest BCUT2D eigenvalue weighted by molar-refractivity contribution is -0.858. The van der Waals surface area contributed by atoms with Crippen molar-refractivity contribution in [2.75, 3.05) is 27.2 Å². The van der Waals surface area contributed by atoms with Crippen LogP contribution in [0.2, 0.25) is 0 Å². The quantitative estimate of drug-likeness (QED) is 0.361. The van der Waals surface area contributed by atoms with Gasteiger partial charge in [0, 0.05) is 0 Å². The van der Waals surface area contributed by atoms with Crippen molar-refractivity contribution in [3.63, 3.8) is 0 Å². The number of epoxide rings is 1. The second kappa shape index (κ2) is 7.60. The van der Waals surface area contributed by atoms with Gasteiger partial charge in [-0.2, -0.15) is 0 Å². The average Bonchev–Trinajstić information content (AvgIpc) is 2.79. The molecule has 0 aromatic heterocycles. The standard InChI is InChI=1S/C10H21NO.ClH/c1-11(2)8-6-4-3-5-7-10-9-12-10;/h10H,3-9H2,1-2H3;1H. The van der Waals surface area contributed by atoms with Gasteiger partial charge in [-0.1, -0.05) is 12.8 Å². The molecule has 1 rings (SSSR count). The molecule has 1 saturated heterocycles. The summed E-state index contributed by atoms with van der Waals surface area (Å²) in [4.78, 5) is 1.57. The Balaban J connectivity index is 0.00000144. The summed E-state index contributed by atoms with van der Waals surface area (Å²) in [5.41, 5.74) is 0. The van der Waals surface area contributed by atoms with Gasteiger partial charge >= 0.3 is 0 Å². The van der Waals surface area contributed by atoms with Crippen LogP contribution in [0, 0.1) is 0 Å². The third kappa shape index (κ3) is 8.54. The first-order chi connectivity index (χ1) is 5.79. The van der Waals surface area contributed by atoms with Crippen molar-refractivity contribution in [2.24, 2.45) is 0 Å². The highest BCUT2D eigenvalue weighted by molar-refractivity contribution is 4.67. The molecule has 80 valence electrons. The van der Waals surface area contributed by atoms with Crippen LogP contribution in [-0.2, 0) is 4.74 Å². The second-order valence-electron chi connectivity index (χ2n) is 4.12. The first-order valence-corrected chi connectivity index (χ1v) is 5.19. The van der Waals surface area contributed by atoms with Crippen molar-refractivity contribution in [1.29, 1.82) is 0 Å². The van der Waals surface area contributed by atoms with Gasteiger partial charge in [-0.25, -0.2) is 0 Å². The maximum Gasteiger partial charge on any atom is 0.0810 e. The molecule has 0 amide bonds. The lowest BCUT2D eigenvalue weighted by Gasteiger charge is -2.05. The Kier molecular flexibility index (Phi) is 7.72. The number of rotatable bonds is 7. The van der Waals surface area contributed by atoms with Gasteiger partial charge in [0.15, 0.2) is 0 Å². The number of hydrogen-bond donors (Lipinski definition) is 1. The molecule has 0 aliphatic carbocycles. The minimum atomic E-state index is 0. The molecule has 13 heavy (non-hydrogen) atoms. The molecule has 0 aromatic carbocycles. The summed E-state index contributed by atoms with van der Waals surface area (Å²) in [5, 5.41) is 0. The van der Waals surface area contributed by atoms with Crippen LogP contribution in [-0.4, -0.2) is 33.4 Å². The molecule has 1 aliphatic rings. The Morgan fingerprint density at radius 1 is 1.15 bits per heavy atom. The van der Waals surface area contributed by atoms with E-state index in [0.717, 1.165) is 6.61 Å². The molecule has 0 radical (unpaired) electrons. The summed E-state index contributed by atoms with van der Waals surface area (Å²) in [6.07, 6.45) is 7.49. The summed E-state index contributed by atoms with van der Waals surface area (Å²) in [5.74, 6) is 0. The summed E-state index contributed by atoms with van der Waals surface area (Å²) in [7, 11) is 4.44. The molecule has 3 heteroatoms. The second-order valence-corrected chi connectivity index (χ2v) is 4.12. The zero-order valence-corrected chi connectivity index (χ0v) is 9.57. The molecule has 1 N–H and O–H groups in total. The van der Waals surface area contributed by atoms with Gasteiger partial charge in [-0.15, -0.1) is 0 Å². The third-order valence-corrected chi connectivity index (χ3v) is 2.36. The summed E-state index contributed by atoms with van der Waals surface area (Å²) >= 11 is 0. The van der Waals surface area contributed by atoms with E-state index in [1.54, 1.807) is 4.90 Å². The van der Waals surface area contributed by atoms with Gasteiger partial charge in [-0.3, -0.25) is 0 Å². The van der Waals surface area contributed by atoms with E-state index in [-0.39, 0.29) is 12.4 Å². The fourth-order valence-corrected chi connectivity index (χ4v) is 1.44. The third-order valence-electron chi connectivity index (χ3n) is 2.36. The molecule has 1 heterocycles. The monoisotopic (exact) mass is 207 g/mol. The molecular weight excluding hydrogens is 186 g/mol. The number of hydrogen-bond acceptors (Lipinski definition) is 1. The summed E-state index contributed by atoms with van der Waals surface area (Å²) in [6, 6.07) is 0. The van der Waals surface area contributed by atoms with Crippen LogP contribution in [0.4, 0.5) is 0 Å².